The predicted molar refractivity (Wildman–Crippen MR) is 77.0 cm³/mol. The van der Waals surface area contributed by atoms with Gasteiger partial charge in [-0.05, 0) is 29.8 Å². The zero-order valence-corrected chi connectivity index (χ0v) is 12.0. The van der Waals surface area contributed by atoms with Crippen molar-refractivity contribution in [1.82, 2.24) is 4.98 Å². The molecule has 2 aromatic rings. The van der Waals surface area contributed by atoms with E-state index in [1.54, 1.807) is 7.11 Å². The van der Waals surface area contributed by atoms with Crippen LogP contribution in [0.3, 0.4) is 0 Å². The van der Waals surface area contributed by atoms with Crippen molar-refractivity contribution in [2.24, 2.45) is 5.73 Å². The van der Waals surface area contributed by atoms with E-state index in [1.807, 2.05) is 24.3 Å². The second kappa shape index (κ2) is 6.07. The zero-order chi connectivity index (χ0) is 14.7. The number of carbonyl (C=O) groups is 1. The summed E-state index contributed by atoms with van der Waals surface area (Å²) in [6.45, 7) is 0. The van der Waals surface area contributed by atoms with Crippen LogP contribution in [-0.4, -0.2) is 31.2 Å². The Balaban J connectivity index is 2.38. The maximum atomic E-state index is 11.4. The highest BCUT2D eigenvalue weighted by Gasteiger charge is 2.17. The van der Waals surface area contributed by atoms with Gasteiger partial charge in [0, 0.05) is 11.8 Å². The van der Waals surface area contributed by atoms with Gasteiger partial charge in [-0.15, -0.1) is 0 Å². The first kappa shape index (κ1) is 14.6. The Kier molecular flexibility index (Phi) is 4.42. The van der Waals surface area contributed by atoms with Crippen LogP contribution in [0.15, 0.2) is 24.3 Å². The fourth-order valence-electron chi connectivity index (χ4n) is 1.92. The van der Waals surface area contributed by atoms with Crippen molar-refractivity contribution in [3.05, 3.63) is 35.0 Å². The first-order chi connectivity index (χ1) is 9.55. The minimum atomic E-state index is -0.762. The number of nitrogens with zero attached hydrogens (tertiary/aromatic N) is 1. The molecule has 0 bridgehead atoms. The molecule has 0 aliphatic carbocycles. The molecule has 1 aromatic carbocycles. The third kappa shape index (κ3) is 3.00. The van der Waals surface area contributed by atoms with Crippen LogP contribution in [0.2, 0.25) is 5.15 Å². The minimum Gasteiger partial charge on any atom is -0.497 e. The normalized spacial score (nSPS) is 12.2. The number of nitrogens with two attached hydrogens (primary N) is 1. The summed E-state index contributed by atoms with van der Waals surface area (Å²) < 4.78 is 9.77. The van der Waals surface area contributed by atoms with E-state index in [2.05, 4.69) is 9.72 Å². The lowest BCUT2D eigenvalue weighted by Crippen LogP contribution is -2.33. The Morgan fingerprint density at radius 1 is 1.40 bits per heavy atom. The molecule has 2 N–H and O–H groups in total. The van der Waals surface area contributed by atoms with E-state index in [0.29, 0.717) is 10.7 Å². The van der Waals surface area contributed by atoms with Gasteiger partial charge in [-0.3, -0.25) is 4.79 Å². The van der Waals surface area contributed by atoms with Crippen LogP contribution in [0, 0.1) is 0 Å². The number of hydrogen-bond acceptors (Lipinski definition) is 5. The molecular formula is C14H15ClN2O3. The minimum absolute atomic E-state index is 0.270. The molecule has 0 fully saturated rings. The molecule has 0 radical (unpaired) electrons. The highest BCUT2D eigenvalue weighted by molar-refractivity contribution is 6.30. The largest absolute Gasteiger partial charge is 0.497 e. The molecule has 1 unspecified atom stereocenters. The van der Waals surface area contributed by atoms with Crippen molar-refractivity contribution in [3.8, 4) is 5.75 Å². The number of fused-ring (bicyclic) bond motifs is 1. The van der Waals surface area contributed by atoms with Crippen molar-refractivity contribution >= 4 is 28.5 Å². The molecule has 20 heavy (non-hydrogen) atoms. The lowest BCUT2D eigenvalue weighted by atomic mass is 10.1. The van der Waals surface area contributed by atoms with Gasteiger partial charge in [-0.25, -0.2) is 4.98 Å². The Labute approximate surface area is 121 Å². The third-order valence-electron chi connectivity index (χ3n) is 2.99. The second-order valence-corrected chi connectivity index (χ2v) is 4.69. The molecule has 0 aliphatic heterocycles. The van der Waals surface area contributed by atoms with E-state index >= 15 is 0 Å². The monoisotopic (exact) mass is 294 g/mol. The number of aromatic nitrogens is 1. The lowest BCUT2D eigenvalue weighted by molar-refractivity contribution is -0.142. The molecule has 6 heteroatoms. The van der Waals surface area contributed by atoms with Crippen LogP contribution in [0.5, 0.6) is 5.75 Å². The SMILES string of the molecule is COC(=O)C(N)Cc1cc2cc(OC)ccc2nc1Cl. The number of carbonyl (C=O) groups excluding carboxylic acids is 1. The highest BCUT2D eigenvalue weighted by Crippen LogP contribution is 2.25. The average Bonchev–Trinajstić information content (AvgIpc) is 2.46. The van der Waals surface area contributed by atoms with E-state index < -0.39 is 12.0 Å². The van der Waals surface area contributed by atoms with E-state index in [4.69, 9.17) is 22.1 Å². The van der Waals surface area contributed by atoms with Crippen molar-refractivity contribution in [2.75, 3.05) is 14.2 Å². The molecule has 0 saturated heterocycles. The van der Waals surface area contributed by atoms with E-state index in [-0.39, 0.29) is 6.42 Å². The van der Waals surface area contributed by atoms with Crippen LogP contribution in [0.1, 0.15) is 5.56 Å². The maximum absolute atomic E-state index is 11.4. The molecule has 1 aromatic heterocycles. The molecular weight excluding hydrogens is 280 g/mol. The first-order valence-electron chi connectivity index (χ1n) is 6.01. The number of methoxy groups -OCH3 is 2. The summed E-state index contributed by atoms with van der Waals surface area (Å²) in [4.78, 5) is 15.7. The van der Waals surface area contributed by atoms with Crippen LogP contribution in [0.25, 0.3) is 10.9 Å². The van der Waals surface area contributed by atoms with E-state index in [9.17, 15) is 4.79 Å². The summed E-state index contributed by atoms with van der Waals surface area (Å²) in [5.74, 6) is 0.247. The summed E-state index contributed by atoms with van der Waals surface area (Å²) in [5.41, 5.74) is 7.20. The van der Waals surface area contributed by atoms with Gasteiger partial charge in [-0.2, -0.15) is 0 Å². The molecule has 1 heterocycles. The summed E-state index contributed by atoms with van der Waals surface area (Å²) in [6, 6.07) is 6.58. The Morgan fingerprint density at radius 2 is 2.15 bits per heavy atom. The number of pyridine rings is 1. The van der Waals surface area contributed by atoms with Gasteiger partial charge < -0.3 is 15.2 Å². The van der Waals surface area contributed by atoms with Gasteiger partial charge in [-0.1, -0.05) is 11.6 Å². The van der Waals surface area contributed by atoms with Crippen LogP contribution in [-0.2, 0) is 16.0 Å². The fraction of sp³-hybridized carbons (Fsp3) is 0.286. The van der Waals surface area contributed by atoms with Crippen molar-refractivity contribution in [1.29, 1.82) is 0 Å². The Hall–Kier alpha value is -1.85. The average molecular weight is 295 g/mol. The second-order valence-electron chi connectivity index (χ2n) is 4.33. The molecule has 0 aliphatic rings. The number of halogens is 1. The number of benzene rings is 1. The quantitative estimate of drug-likeness (QED) is 0.689. The van der Waals surface area contributed by atoms with Crippen LogP contribution >= 0.6 is 11.6 Å². The molecule has 0 spiro atoms. The highest BCUT2D eigenvalue weighted by atomic mass is 35.5. The van der Waals surface area contributed by atoms with Gasteiger partial charge in [0.15, 0.2) is 0 Å². The molecule has 5 nitrogen and oxygen atoms in total. The number of hydrogen-bond donors (Lipinski definition) is 1. The number of rotatable bonds is 4. The maximum Gasteiger partial charge on any atom is 0.322 e. The van der Waals surface area contributed by atoms with Gasteiger partial charge in [0.05, 0.1) is 19.7 Å². The Bertz CT molecular complexity index is 646. The third-order valence-corrected chi connectivity index (χ3v) is 3.32. The summed E-state index contributed by atoms with van der Waals surface area (Å²) in [5, 5.41) is 1.21. The standard InChI is InChI=1S/C14H15ClN2O3/c1-19-10-3-4-12-8(6-10)5-9(13(15)17-12)7-11(16)14(18)20-2/h3-6,11H,7,16H2,1-2H3. The van der Waals surface area contributed by atoms with Crippen molar-refractivity contribution in [2.45, 2.75) is 12.5 Å². The van der Waals surface area contributed by atoms with Gasteiger partial charge in [0.1, 0.15) is 16.9 Å². The molecule has 2 rings (SSSR count). The van der Waals surface area contributed by atoms with Gasteiger partial charge in [0.2, 0.25) is 0 Å². The predicted octanol–water partition coefficient (Wildman–Crippen LogP) is 1.94. The van der Waals surface area contributed by atoms with Gasteiger partial charge in [0.25, 0.3) is 0 Å². The molecule has 106 valence electrons. The number of esters is 1. The van der Waals surface area contributed by atoms with Crippen LogP contribution < -0.4 is 10.5 Å². The van der Waals surface area contributed by atoms with Crippen LogP contribution in [0.4, 0.5) is 0 Å². The fourth-order valence-corrected chi connectivity index (χ4v) is 2.14. The summed E-state index contributed by atoms with van der Waals surface area (Å²) in [7, 11) is 2.89. The van der Waals surface area contributed by atoms with E-state index in [1.165, 1.54) is 7.11 Å². The summed E-state index contributed by atoms with van der Waals surface area (Å²) in [6.07, 6.45) is 0.270. The lowest BCUT2D eigenvalue weighted by Gasteiger charge is -2.11. The first-order valence-corrected chi connectivity index (χ1v) is 6.39. The van der Waals surface area contributed by atoms with Crippen molar-refractivity contribution in [3.63, 3.8) is 0 Å². The van der Waals surface area contributed by atoms with E-state index in [0.717, 1.165) is 16.7 Å². The Morgan fingerprint density at radius 3 is 2.80 bits per heavy atom. The topological polar surface area (TPSA) is 74.4 Å². The molecule has 1 atom stereocenters. The van der Waals surface area contributed by atoms with Crippen molar-refractivity contribution < 1.29 is 14.3 Å². The number of ether oxygens (including phenoxy) is 2. The molecule has 0 saturated carbocycles. The summed E-state index contributed by atoms with van der Waals surface area (Å²) >= 11 is 6.12. The van der Waals surface area contributed by atoms with Gasteiger partial charge >= 0.3 is 5.97 Å². The smallest absolute Gasteiger partial charge is 0.322 e. The molecule has 0 amide bonds. The zero-order valence-electron chi connectivity index (χ0n) is 11.2.